The lowest BCUT2D eigenvalue weighted by atomic mass is 10.1. The molecule has 2 rings (SSSR count). The summed E-state index contributed by atoms with van der Waals surface area (Å²) in [6.07, 6.45) is 0.559. The Morgan fingerprint density at radius 2 is 2.16 bits per heavy atom. The summed E-state index contributed by atoms with van der Waals surface area (Å²) < 4.78 is 16.7. The van der Waals surface area contributed by atoms with Crippen molar-refractivity contribution < 1.29 is 19.0 Å². The van der Waals surface area contributed by atoms with Gasteiger partial charge in [0.05, 0.1) is 26.4 Å². The number of amides is 1. The first kappa shape index (κ1) is 19.5. The predicted octanol–water partition coefficient (Wildman–Crippen LogP) is 2.29. The highest BCUT2D eigenvalue weighted by Crippen LogP contribution is 2.30. The van der Waals surface area contributed by atoms with E-state index in [4.69, 9.17) is 14.2 Å². The normalized spacial score (nSPS) is 18.7. The molecule has 25 heavy (non-hydrogen) atoms. The zero-order valence-electron chi connectivity index (χ0n) is 15.6. The van der Waals surface area contributed by atoms with Crippen molar-refractivity contribution in [2.24, 2.45) is 5.92 Å². The van der Waals surface area contributed by atoms with E-state index in [1.54, 1.807) is 7.11 Å². The molecule has 1 amide bonds. The van der Waals surface area contributed by atoms with Gasteiger partial charge in [-0.25, -0.2) is 0 Å². The van der Waals surface area contributed by atoms with Crippen molar-refractivity contribution in [3.63, 3.8) is 0 Å². The van der Waals surface area contributed by atoms with E-state index >= 15 is 0 Å². The summed E-state index contributed by atoms with van der Waals surface area (Å²) in [5.41, 5.74) is 0.963. The number of nitrogens with one attached hydrogen (secondary N) is 2. The molecule has 1 aromatic rings. The number of ether oxygens (including phenoxy) is 3. The Hall–Kier alpha value is -1.79. The molecule has 1 aliphatic heterocycles. The smallest absolute Gasteiger partial charge is 0.250 e. The molecule has 0 spiro atoms. The standard InChI is InChI=1S/C19H30N2O4/c1-13(2)7-9-24-16-6-5-15(11-17(16)23-4)14(3)21-19(22)18-12-20-8-10-25-18/h5-6,11,13-14,18,20H,7-10,12H2,1-4H3,(H,21,22). The first-order chi connectivity index (χ1) is 12.0. The molecule has 6 heteroatoms. The maximum Gasteiger partial charge on any atom is 0.250 e. The van der Waals surface area contributed by atoms with Crippen molar-refractivity contribution in [3.05, 3.63) is 23.8 Å². The van der Waals surface area contributed by atoms with E-state index < -0.39 is 6.10 Å². The highest BCUT2D eigenvalue weighted by molar-refractivity contribution is 5.81. The molecule has 0 bridgehead atoms. The van der Waals surface area contributed by atoms with Gasteiger partial charge in [-0.05, 0) is 37.0 Å². The van der Waals surface area contributed by atoms with Crippen LogP contribution >= 0.6 is 0 Å². The van der Waals surface area contributed by atoms with Crippen molar-refractivity contribution in [1.29, 1.82) is 0 Å². The SMILES string of the molecule is COc1cc(C(C)NC(=O)C2CNCCO2)ccc1OCCC(C)C. The topological polar surface area (TPSA) is 68.8 Å². The fourth-order valence-corrected chi connectivity index (χ4v) is 2.60. The molecular weight excluding hydrogens is 320 g/mol. The van der Waals surface area contributed by atoms with Gasteiger partial charge in [0.25, 0.3) is 5.91 Å². The fourth-order valence-electron chi connectivity index (χ4n) is 2.60. The summed E-state index contributed by atoms with van der Waals surface area (Å²) in [5, 5.41) is 6.15. The van der Waals surface area contributed by atoms with Crippen LogP contribution < -0.4 is 20.1 Å². The number of rotatable bonds is 8. The van der Waals surface area contributed by atoms with Crippen LogP contribution in [0.2, 0.25) is 0 Å². The van der Waals surface area contributed by atoms with Crippen LogP contribution in [0.25, 0.3) is 0 Å². The number of morpholine rings is 1. The Balaban J connectivity index is 1.96. The zero-order valence-corrected chi connectivity index (χ0v) is 15.6. The molecule has 0 radical (unpaired) electrons. The molecule has 2 atom stereocenters. The largest absolute Gasteiger partial charge is 0.493 e. The number of benzene rings is 1. The van der Waals surface area contributed by atoms with E-state index in [9.17, 15) is 4.79 Å². The first-order valence-electron chi connectivity index (χ1n) is 8.94. The Morgan fingerprint density at radius 3 is 2.80 bits per heavy atom. The highest BCUT2D eigenvalue weighted by atomic mass is 16.5. The van der Waals surface area contributed by atoms with Crippen molar-refractivity contribution in [2.45, 2.75) is 39.3 Å². The minimum Gasteiger partial charge on any atom is -0.493 e. The molecule has 1 aromatic carbocycles. The van der Waals surface area contributed by atoms with Gasteiger partial charge in [0.15, 0.2) is 11.5 Å². The van der Waals surface area contributed by atoms with Crippen LogP contribution in [-0.4, -0.2) is 45.4 Å². The average molecular weight is 350 g/mol. The highest BCUT2D eigenvalue weighted by Gasteiger charge is 2.23. The van der Waals surface area contributed by atoms with Crippen molar-refractivity contribution in [1.82, 2.24) is 10.6 Å². The van der Waals surface area contributed by atoms with Gasteiger partial charge < -0.3 is 24.8 Å². The van der Waals surface area contributed by atoms with Crippen LogP contribution in [0.15, 0.2) is 18.2 Å². The zero-order chi connectivity index (χ0) is 18.2. The maximum absolute atomic E-state index is 12.3. The molecule has 0 aliphatic carbocycles. The molecule has 1 heterocycles. The number of hydrogen-bond donors (Lipinski definition) is 2. The molecule has 0 aromatic heterocycles. The number of hydrogen-bond acceptors (Lipinski definition) is 5. The quantitative estimate of drug-likeness (QED) is 0.753. The van der Waals surface area contributed by atoms with Gasteiger partial charge in [-0.15, -0.1) is 0 Å². The molecule has 1 saturated heterocycles. The first-order valence-corrected chi connectivity index (χ1v) is 8.94. The van der Waals surface area contributed by atoms with E-state index in [-0.39, 0.29) is 11.9 Å². The summed E-state index contributed by atoms with van der Waals surface area (Å²) in [6, 6.07) is 5.63. The summed E-state index contributed by atoms with van der Waals surface area (Å²) in [7, 11) is 1.62. The average Bonchev–Trinajstić information content (AvgIpc) is 2.62. The summed E-state index contributed by atoms with van der Waals surface area (Å²) in [4.78, 5) is 12.3. The molecule has 2 N–H and O–H groups in total. The minimum absolute atomic E-state index is 0.101. The molecule has 140 valence electrons. The van der Waals surface area contributed by atoms with E-state index in [1.807, 2.05) is 25.1 Å². The van der Waals surface area contributed by atoms with E-state index in [0.717, 1.165) is 24.3 Å². The molecular formula is C19H30N2O4. The lowest BCUT2D eigenvalue weighted by Gasteiger charge is -2.25. The molecule has 6 nitrogen and oxygen atoms in total. The third-order valence-corrected chi connectivity index (χ3v) is 4.22. The van der Waals surface area contributed by atoms with Crippen LogP contribution in [0, 0.1) is 5.92 Å². The lowest BCUT2D eigenvalue weighted by Crippen LogP contribution is -2.48. The Kier molecular flexibility index (Phi) is 7.52. The molecule has 1 aliphatic rings. The lowest BCUT2D eigenvalue weighted by molar-refractivity contribution is -0.134. The Labute approximate surface area is 150 Å². The van der Waals surface area contributed by atoms with E-state index in [0.29, 0.717) is 31.4 Å². The Bertz CT molecular complexity index is 556. The second kappa shape index (κ2) is 9.63. The van der Waals surface area contributed by atoms with Crippen molar-refractivity contribution in [2.75, 3.05) is 33.4 Å². The van der Waals surface area contributed by atoms with Crippen LogP contribution in [0.3, 0.4) is 0 Å². The number of methoxy groups -OCH3 is 1. The van der Waals surface area contributed by atoms with Gasteiger partial charge in [-0.1, -0.05) is 19.9 Å². The van der Waals surface area contributed by atoms with Gasteiger partial charge in [0, 0.05) is 13.1 Å². The van der Waals surface area contributed by atoms with Gasteiger partial charge in [-0.2, -0.15) is 0 Å². The molecule has 2 unspecified atom stereocenters. The monoisotopic (exact) mass is 350 g/mol. The predicted molar refractivity (Wildman–Crippen MR) is 97.1 cm³/mol. The van der Waals surface area contributed by atoms with Crippen LogP contribution in [-0.2, 0) is 9.53 Å². The number of carbonyl (C=O) groups excluding carboxylic acids is 1. The fraction of sp³-hybridized carbons (Fsp3) is 0.632. The molecule has 1 fully saturated rings. The summed E-state index contributed by atoms with van der Waals surface area (Å²) in [5.74, 6) is 1.90. The third-order valence-electron chi connectivity index (χ3n) is 4.22. The minimum atomic E-state index is -0.434. The van der Waals surface area contributed by atoms with Crippen molar-refractivity contribution >= 4 is 5.91 Å². The second-order valence-electron chi connectivity index (χ2n) is 6.74. The Morgan fingerprint density at radius 1 is 1.36 bits per heavy atom. The van der Waals surface area contributed by atoms with E-state index in [2.05, 4.69) is 24.5 Å². The summed E-state index contributed by atoms with van der Waals surface area (Å²) in [6.45, 7) is 8.83. The third kappa shape index (κ3) is 5.90. The van der Waals surface area contributed by atoms with E-state index in [1.165, 1.54) is 0 Å². The molecule has 0 saturated carbocycles. The van der Waals surface area contributed by atoms with Gasteiger partial charge in [-0.3, -0.25) is 4.79 Å². The van der Waals surface area contributed by atoms with Crippen LogP contribution in [0.5, 0.6) is 11.5 Å². The van der Waals surface area contributed by atoms with Crippen molar-refractivity contribution in [3.8, 4) is 11.5 Å². The second-order valence-corrected chi connectivity index (χ2v) is 6.74. The summed E-state index contributed by atoms with van der Waals surface area (Å²) >= 11 is 0. The van der Waals surface area contributed by atoms with Crippen LogP contribution in [0.1, 0.15) is 38.8 Å². The van der Waals surface area contributed by atoms with Crippen LogP contribution in [0.4, 0.5) is 0 Å². The maximum atomic E-state index is 12.3. The van der Waals surface area contributed by atoms with Gasteiger partial charge >= 0.3 is 0 Å². The number of carbonyl (C=O) groups is 1. The van der Waals surface area contributed by atoms with Gasteiger partial charge in [0.2, 0.25) is 0 Å². The van der Waals surface area contributed by atoms with Gasteiger partial charge in [0.1, 0.15) is 6.10 Å².